The Morgan fingerprint density at radius 2 is 1.96 bits per heavy atom. The molecule has 0 saturated heterocycles. The predicted molar refractivity (Wildman–Crippen MR) is 98.9 cm³/mol. The monoisotopic (exact) mass is 430 g/mol. The van der Waals surface area contributed by atoms with E-state index in [2.05, 4.69) is 15.3 Å². The van der Waals surface area contributed by atoms with Crippen LogP contribution in [0.1, 0.15) is 30.9 Å². The Bertz CT molecular complexity index is 1060. The third-order valence-electron chi connectivity index (χ3n) is 3.89. The van der Waals surface area contributed by atoms with E-state index in [4.69, 9.17) is 0 Å². The minimum Gasteiger partial charge on any atom is -0.350 e. The van der Waals surface area contributed by atoms with Crippen LogP contribution in [0.4, 0.5) is 18.9 Å². The van der Waals surface area contributed by atoms with Crippen LogP contribution in [0, 0.1) is 24.0 Å². The molecule has 3 aromatic rings. The van der Waals surface area contributed by atoms with Gasteiger partial charge in [-0.3, -0.25) is 14.9 Å². The summed E-state index contributed by atoms with van der Waals surface area (Å²) in [6.45, 7) is 4.09. The fraction of sp³-hybridized carbons (Fsp3) is 0.312. The molecule has 0 unspecified atom stereocenters. The number of aromatic nitrogens is 2. The maximum atomic E-state index is 13.0. The molecule has 0 radical (unpaired) electrons. The second kappa shape index (κ2) is 7.43. The van der Waals surface area contributed by atoms with Crippen molar-refractivity contribution in [3.05, 3.63) is 48.4 Å². The van der Waals surface area contributed by atoms with Crippen molar-refractivity contribution in [3.63, 3.8) is 0 Å². The number of hydrogen-bond donors (Lipinski definition) is 1. The zero-order valence-corrected chi connectivity index (χ0v) is 16.2. The molecule has 0 aliphatic heterocycles. The molecule has 1 amide bonds. The number of carbonyl (C=O) groups is 1. The lowest BCUT2D eigenvalue weighted by Crippen LogP contribution is -2.25. The standard InChI is InChI=1S/C16H13F3N4O3S2/c1-7-8(2)27-12(21-7)3-4-20-14(24)15-22-10-5-9(16(17,18)19)6-11(23(25)26)13(10)28-15/h5-6H,3-4H2,1-2H3,(H,20,24). The van der Waals surface area contributed by atoms with E-state index in [1.54, 1.807) is 0 Å². The molecule has 2 heterocycles. The second-order valence-corrected chi connectivity index (χ2v) is 8.16. The summed E-state index contributed by atoms with van der Waals surface area (Å²) in [7, 11) is 0. The number of carbonyl (C=O) groups excluding carboxylic acids is 1. The molecule has 1 N–H and O–H groups in total. The van der Waals surface area contributed by atoms with Gasteiger partial charge in [-0.15, -0.1) is 22.7 Å². The number of aryl methyl sites for hydroxylation is 2. The maximum absolute atomic E-state index is 13.0. The highest BCUT2D eigenvalue weighted by molar-refractivity contribution is 7.20. The SMILES string of the molecule is Cc1nc(CCNC(=O)c2nc3cc(C(F)(F)F)cc([N+](=O)[O-])c3s2)sc1C. The smallest absolute Gasteiger partial charge is 0.350 e. The minimum atomic E-state index is -4.76. The molecule has 0 saturated carbocycles. The summed E-state index contributed by atoms with van der Waals surface area (Å²) >= 11 is 2.21. The molecule has 2 aromatic heterocycles. The van der Waals surface area contributed by atoms with Crippen LogP contribution in [0.25, 0.3) is 10.2 Å². The van der Waals surface area contributed by atoms with E-state index in [1.165, 1.54) is 11.3 Å². The fourth-order valence-electron chi connectivity index (χ4n) is 2.42. The molecule has 0 fully saturated rings. The fourth-order valence-corrected chi connectivity index (χ4v) is 4.30. The number of thiazole rings is 2. The number of nitrogens with one attached hydrogen (secondary N) is 1. The van der Waals surface area contributed by atoms with E-state index in [1.807, 2.05) is 13.8 Å². The zero-order chi connectivity index (χ0) is 20.6. The van der Waals surface area contributed by atoms with Gasteiger partial charge in [0.05, 0.1) is 26.7 Å². The van der Waals surface area contributed by atoms with Crippen LogP contribution < -0.4 is 5.32 Å². The number of halogens is 3. The molecule has 0 aliphatic rings. The number of non-ortho nitro benzene ring substituents is 1. The molecular weight excluding hydrogens is 417 g/mol. The predicted octanol–water partition coefficient (Wildman–Crippen LogP) is 4.27. The first-order valence-corrected chi connectivity index (χ1v) is 9.57. The zero-order valence-electron chi connectivity index (χ0n) is 14.6. The first kappa shape index (κ1) is 20.1. The van der Waals surface area contributed by atoms with E-state index < -0.39 is 28.3 Å². The van der Waals surface area contributed by atoms with Crippen molar-refractivity contribution in [2.45, 2.75) is 26.4 Å². The molecular formula is C16H13F3N4O3S2. The van der Waals surface area contributed by atoms with Crippen LogP contribution in [0.5, 0.6) is 0 Å². The Hall–Kier alpha value is -2.60. The topological polar surface area (TPSA) is 98.0 Å². The highest BCUT2D eigenvalue weighted by atomic mass is 32.1. The van der Waals surface area contributed by atoms with Crippen LogP contribution in [-0.4, -0.2) is 27.3 Å². The number of nitro groups is 1. The summed E-state index contributed by atoms with van der Waals surface area (Å²) in [5.41, 5.74) is -1.22. The van der Waals surface area contributed by atoms with Crippen LogP contribution in [0.3, 0.4) is 0 Å². The van der Waals surface area contributed by atoms with Gasteiger partial charge in [-0.25, -0.2) is 9.97 Å². The van der Waals surface area contributed by atoms with Crippen LogP contribution >= 0.6 is 22.7 Å². The molecule has 3 rings (SSSR count). The first-order valence-electron chi connectivity index (χ1n) is 7.93. The van der Waals surface area contributed by atoms with E-state index in [0.29, 0.717) is 29.9 Å². The molecule has 12 heteroatoms. The van der Waals surface area contributed by atoms with Gasteiger partial charge in [0.15, 0.2) is 5.01 Å². The van der Waals surface area contributed by atoms with Crippen molar-refractivity contribution in [2.24, 2.45) is 0 Å². The van der Waals surface area contributed by atoms with Gasteiger partial charge in [-0.05, 0) is 19.9 Å². The molecule has 28 heavy (non-hydrogen) atoms. The lowest BCUT2D eigenvalue weighted by Gasteiger charge is -2.05. The summed E-state index contributed by atoms with van der Waals surface area (Å²) < 4.78 is 38.8. The lowest BCUT2D eigenvalue weighted by atomic mass is 10.2. The van der Waals surface area contributed by atoms with Crippen molar-refractivity contribution in [3.8, 4) is 0 Å². The highest BCUT2D eigenvalue weighted by Gasteiger charge is 2.34. The van der Waals surface area contributed by atoms with Crippen LogP contribution in [0.15, 0.2) is 12.1 Å². The number of fused-ring (bicyclic) bond motifs is 1. The number of nitro benzene ring substituents is 1. The van der Waals surface area contributed by atoms with Gasteiger partial charge in [0.2, 0.25) is 0 Å². The van der Waals surface area contributed by atoms with Crippen LogP contribution in [0.2, 0.25) is 0 Å². The Morgan fingerprint density at radius 1 is 1.25 bits per heavy atom. The summed E-state index contributed by atoms with van der Waals surface area (Å²) in [6, 6.07) is 1.16. The lowest BCUT2D eigenvalue weighted by molar-refractivity contribution is -0.383. The quantitative estimate of drug-likeness (QED) is 0.482. The molecule has 0 atom stereocenters. The van der Waals surface area contributed by atoms with Gasteiger partial charge in [0.1, 0.15) is 4.70 Å². The summed E-state index contributed by atoms with van der Waals surface area (Å²) in [4.78, 5) is 31.8. The van der Waals surface area contributed by atoms with Gasteiger partial charge in [0, 0.05) is 23.9 Å². The van der Waals surface area contributed by atoms with Gasteiger partial charge < -0.3 is 5.32 Å². The van der Waals surface area contributed by atoms with E-state index >= 15 is 0 Å². The van der Waals surface area contributed by atoms with Crippen molar-refractivity contribution in [1.82, 2.24) is 15.3 Å². The number of hydrogen-bond acceptors (Lipinski definition) is 7. The largest absolute Gasteiger partial charge is 0.416 e. The molecule has 1 aromatic carbocycles. The Morgan fingerprint density at radius 3 is 2.54 bits per heavy atom. The molecule has 0 bridgehead atoms. The number of nitrogens with zero attached hydrogens (tertiary/aromatic N) is 3. The maximum Gasteiger partial charge on any atom is 0.416 e. The third-order valence-corrected chi connectivity index (χ3v) is 6.11. The normalized spacial score (nSPS) is 11.8. The Kier molecular flexibility index (Phi) is 5.35. The van der Waals surface area contributed by atoms with Crippen molar-refractivity contribution < 1.29 is 22.9 Å². The van der Waals surface area contributed by atoms with Gasteiger partial charge in [0.25, 0.3) is 11.6 Å². The summed E-state index contributed by atoms with van der Waals surface area (Å²) in [6.07, 6.45) is -4.26. The Balaban J connectivity index is 1.81. The molecule has 148 valence electrons. The summed E-state index contributed by atoms with van der Waals surface area (Å²) in [5.74, 6) is -0.603. The minimum absolute atomic E-state index is 0.0747. The number of amides is 1. The molecule has 0 aliphatic carbocycles. The van der Waals surface area contributed by atoms with E-state index in [-0.39, 0.29) is 21.8 Å². The van der Waals surface area contributed by atoms with Crippen molar-refractivity contribution in [1.29, 1.82) is 0 Å². The highest BCUT2D eigenvalue weighted by Crippen LogP contribution is 2.38. The number of alkyl halides is 3. The Labute approximate surface area is 164 Å². The molecule has 7 nitrogen and oxygen atoms in total. The van der Waals surface area contributed by atoms with E-state index in [9.17, 15) is 28.1 Å². The van der Waals surface area contributed by atoms with E-state index in [0.717, 1.165) is 15.6 Å². The van der Waals surface area contributed by atoms with Crippen LogP contribution in [-0.2, 0) is 12.6 Å². The van der Waals surface area contributed by atoms with Gasteiger partial charge in [-0.1, -0.05) is 0 Å². The molecule has 0 spiro atoms. The second-order valence-electron chi connectivity index (χ2n) is 5.87. The number of rotatable bonds is 5. The van der Waals surface area contributed by atoms with Crippen molar-refractivity contribution in [2.75, 3.05) is 6.54 Å². The van der Waals surface area contributed by atoms with Crippen molar-refractivity contribution >= 4 is 44.5 Å². The summed E-state index contributed by atoms with van der Waals surface area (Å²) in [5, 5.41) is 14.5. The van der Waals surface area contributed by atoms with Gasteiger partial charge in [-0.2, -0.15) is 13.2 Å². The average Bonchev–Trinajstić information content (AvgIpc) is 3.16. The first-order chi connectivity index (χ1) is 13.1. The third kappa shape index (κ3) is 4.12. The average molecular weight is 430 g/mol. The van der Waals surface area contributed by atoms with Gasteiger partial charge >= 0.3 is 6.18 Å². The number of benzene rings is 1.